The highest BCUT2D eigenvalue weighted by Gasteiger charge is 2.18. The Kier molecular flexibility index (Phi) is 12.8. The van der Waals surface area contributed by atoms with Crippen LogP contribution in [0.25, 0.3) is 0 Å². The van der Waals surface area contributed by atoms with Crippen molar-refractivity contribution >= 4 is 23.2 Å². The molecular formula is C32H43N5O4S. The average molecular weight is 594 g/mol. The molecule has 0 saturated heterocycles. The van der Waals surface area contributed by atoms with E-state index in [4.69, 9.17) is 19.2 Å². The Morgan fingerprint density at radius 3 is 2.90 bits per heavy atom. The fraction of sp³-hybridized carbons (Fsp3) is 0.438. The molecule has 0 saturated carbocycles. The molecule has 1 aliphatic heterocycles. The molecule has 10 heteroatoms. The van der Waals surface area contributed by atoms with Gasteiger partial charge in [0.2, 0.25) is 5.96 Å². The van der Waals surface area contributed by atoms with Crippen LogP contribution >= 0.6 is 11.3 Å². The summed E-state index contributed by atoms with van der Waals surface area (Å²) in [6.07, 6.45) is 21.9. The van der Waals surface area contributed by atoms with Crippen molar-refractivity contribution in [1.82, 2.24) is 20.9 Å². The van der Waals surface area contributed by atoms with Crippen LogP contribution in [0.15, 0.2) is 89.3 Å². The van der Waals surface area contributed by atoms with E-state index >= 15 is 0 Å². The second-order valence-electron chi connectivity index (χ2n) is 10.1. The van der Waals surface area contributed by atoms with Crippen LogP contribution < -0.4 is 16.0 Å². The summed E-state index contributed by atoms with van der Waals surface area (Å²) in [5.74, 6) is 0.552. The zero-order chi connectivity index (χ0) is 29.6. The van der Waals surface area contributed by atoms with E-state index in [1.807, 2.05) is 60.9 Å². The third kappa shape index (κ3) is 9.92. The summed E-state index contributed by atoms with van der Waals surface area (Å²) in [5, 5.41) is 9.56. The summed E-state index contributed by atoms with van der Waals surface area (Å²) < 4.78 is 16.6. The highest BCUT2D eigenvalue weighted by atomic mass is 32.1. The number of nitrogens with one attached hydrogen (secondary N) is 3. The number of carbonyl (C=O) groups excluding carboxylic acids is 1. The zero-order valence-corrected chi connectivity index (χ0v) is 25.6. The van der Waals surface area contributed by atoms with E-state index in [0.717, 1.165) is 55.2 Å². The molecule has 9 nitrogen and oxygen atoms in total. The largest absolute Gasteiger partial charge is 0.383 e. The summed E-state index contributed by atoms with van der Waals surface area (Å²) in [4.78, 5) is 21.6. The number of nitrogens with zero attached hydrogens (tertiary/aromatic N) is 2. The minimum absolute atomic E-state index is 0.0661. The van der Waals surface area contributed by atoms with Gasteiger partial charge in [0.15, 0.2) is 0 Å². The minimum atomic E-state index is -0.180. The number of amides is 1. The molecule has 3 N–H and O–H groups in total. The van der Waals surface area contributed by atoms with Crippen LogP contribution in [0.5, 0.6) is 0 Å². The van der Waals surface area contributed by atoms with E-state index < -0.39 is 0 Å². The van der Waals surface area contributed by atoms with E-state index in [0.29, 0.717) is 24.0 Å². The predicted molar refractivity (Wildman–Crippen MR) is 170 cm³/mol. The third-order valence-electron chi connectivity index (χ3n) is 7.06. The maximum Gasteiger partial charge on any atom is 0.261 e. The van der Waals surface area contributed by atoms with Crippen LogP contribution in [0.4, 0.5) is 0 Å². The van der Waals surface area contributed by atoms with Crippen molar-refractivity contribution < 1.29 is 19.0 Å². The Morgan fingerprint density at radius 1 is 1.17 bits per heavy atom. The number of likely N-dealkylation sites (N-methyl/N-ethyl adjacent to an activating group) is 1. The van der Waals surface area contributed by atoms with Crippen molar-refractivity contribution in [2.75, 3.05) is 53.6 Å². The van der Waals surface area contributed by atoms with Crippen molar-refractivity contribution in [2.24, 2.45) is 4.99 Å². The molecule has 1 aromatic heterocycles. The van der Waals surface area contributed by atoms with Gasteiger partial charge in [-0.3, -0.25) is 4.79 Å². The lowest BCUT2D eigenvalue weighted by Crippen LogP contribution is -2.35. The van der Waals surface area contributed by atoms with Crippen LogP contribution in [0.1, 0.15) is 40.4 Å². The quantitative estimate of drug-likeness (QED) is 0.262. The van der Waals surface area contributed by atoms with Gasteiger partial charge < -0.3 is 35.1 Å². The molecule has 0 radical (unpaired) electrons. The lowest BCUT2D eigenvalue weighted by Gasteiger charge is -2.20. The number of guanidine groups is 1. The number of carbonyl (C=O) groups is 1. The second kappa shape index (κ2) is 17.0. The van der Waals surface area contributed by atoms with Crippen molar-refractivity contribution in [2.45, 2.75) is 38.0 Å². The van der Waals surface area contributed by atoms with Crippen LogP contribution in [0, 0.1) is 0 Å². The lowest BCUT2D eigenvalue weighted by molar-refractivity contribution is 0.0960. The molecule has 0 fully saturated rings. The highest BCUT2D eigenvalue weighted by Crippen LogP contribution is 2.28. The van der Waals surface area contributed by atoms with E-state index in [1.54, 1.807) is 14.2 Å². The van der Waals surface area contributed by atoms with Gasteiger partial charge in [-0.25, -0.2) is 4.99 Å². The van der Waals surface area contributed by atoms with Gasteiger partial charge in [0, 0.05) is 57.2 Å². The Bertz CT molecular complexity index is 1250. The average Bonchev–Trinajstić information content (AvgIpc) is 3.42. The number of thiophene rings is 1. The molecule has 4 rings (SSSR count). The number of hydrogen-bond donors (Lipinski definition) is 3. The SMILES string of the molecule is CCN(CCCOC1C=CC=C(NC2=NC(c3ccc(C(=O)NCC4=CC(OC)CC=C4)s3)C=CN2)C=C1)CCOC. The van der Waals surface area contributed by atoms with Gasteiger partial charge in [-0.05, 0) is 61.4 Å². The molecule has 3 unspecified atom stereocenters. The summed E-state index contributed by atoms with van der Waals surface area (Å²) in [7, 11) is 3.43. The van der Waals surface area contributed by atoms with Crippen LogP contribution in [0.3, 0.4) is 0 Å². The summed E-state index contributed by atoms with van der Waals surface area (Å²) in [6, 6.07) is 3.65. The zero-order valence-electron chi connectivity index (χ0n) is 24.8. The van der Waals surface area contributed by atoms with Crippen LogP contribution in [0.2, 0.25) is 0 Å². The lowest BCUT2D eigenvalue weighted by atomic mass is 10.0. The van der Waals surface area contributed by atoms with Gasteiger partial charge in [-0.1, -0.05) is 37.3 Å². The molecule has 1 aromatic rings. The summed E-state index contributed by atoms with van der Waals surface area (Å²) >= 11 is 1.45. The fourth-order valence-corrected chi connectivity index (χ4v) is 5.58. The molecule has 226 valence electrons. The first-order valence-corrected chi connectivity index (χ1v) is 15.3. The molecule has 1 amide bonds. The third-order valence-corrected chi connectivity index (χ3v) is 8.21. The number of ether oxygens (including phenoxy) is 3. The molecule has 42 heavy (non-hydrogen) atoms. The number of aliphatic imine (C=N–C) groups is 1. The molecule has 2 heterocycles. The standard InChI is InChI=1S/C32H43N5O4S/c1-4-37(19-21-39-2)18-7-20-41-26-10-6-9-25(12-13-26)35-32-33-17-16-28(36-32)29-14-15-30(42-29)31(38)34-23-24-8-5-11-27(22-24)40-3/h5-6,8-10,12-17,22,26-28H,4,7,11,18-21,23H2,1-3H3,(H,34,38)(H2,33,35,36). The van der Waals surface area contributed by atoms with Crippen LogP contribution in [-0.2, 0) is 14.2 Å². The summed E-state index contributed by atoms with van der Waals surface area (Å²) in [6.45, 7) is 7.02. The molecule has 0 spiro atoms. The molecule has 0 aromatic carbocycles. The molecule has 3 aliphatic rings. The molecule has 2 aliphatic carbocycles. The molecule has 3 atom stereocenters. The van der Waals surface area contributed by atoms with Gasteiger partial charge in [0.25, 0.3) is 5.91 Å². The minimum Gasteiger partial charge on any atom is -0.383 e. The van der Waals surface area contributed by atoms with Crippen LogP contribution in [-0.4, -0.2) is 82.6 Å². The first-order chi connectivity index (χ1) is 20.6. The first kappa shape index (κ1) is 31.7. The van der Waals surface area contributed by atoms with E-state index in [2.05, 4.69) is 39.9 Å². The van der Waals surface area contributed by atoms with E-state index in [9.17, 15) is 4.79 Å². The fourth-order valence-electron chi connectivity index (χ4n) is 4.64. The summed E-state index contributed by atoms with van der Waals surface area (Å²) in [5.41, 5.74) is 1.95. The number of rotatable bonds is 15. The first-order valence-electron chi connectivity index (χ1n) is 14.5. The molecular weight excluding hydrogens is 550 g/mol. The van der Waals surface area contributed by atoms with Gasteiger partial charge in [-0.2, -0.15) is 0 Å². The van der Waals surface area contributed by atoms with Crippen molar-refractivity contribution in [1.29, 1.82) is 0 Å². The van der Waals surface area contributed by atoms with E-state index in [1.165, 1.54) is 11.3 Å². The topological polar surface area (TPSA) is 96.5 Å². The molecule has 0 bridgehead atoms. The smallest absolute Gasteiger partial charge is 0.261 e. The Morgan fingerprint density at radius 2 is 2.07 bits per heavy atom. The number of hydrogen-bond acceptors (Lipinski definition) is 9. The maximum atomic E-state index is 12.8. The predicted octanol–water partition coefficient (Wildman–Crippen LogP) is 4.24. The van der Waals surface area contributed by atoms with Crippen molar-refractivity contribution in [3.8, 4) is 0 Å². The van der Waals surface area contributed by atoms with Gasteiger partial charge >= 0.3 is 0 Å². The van der Waals surface area contributed by atoms with Gasteiger partial charge in [-0.15, -0.1) is 11.3 Å². The van der Waals surface area contributed by atoms with Crippen molar-refractivity contribution in [3.63, 3.8) is 0 Å². The number of methoxy groups -OCH3 is 2. The van der Waals surface area contributed by atoms with Crippen molar-refractivity contribution in [3.05, 3.63) is 94.0 Å². The van der Waals surface area contributed by atoms with Gasteiger partial charge in [0.1, 0.15) is 6.04 Å². The maximum absolute atomic E-state index is 12.8. The monoisotopic (exact) mass is 593 g/mol. The normalized spacial score (nSPS) is 21.4. The second-order valence-corrected chi connectivity index (χ2v) is 11.2. The van der Waals surface area contributed by atoms with E-state index in [-0.39, 0.29) is 24.2 Å². The Balaban J connectivity index is 1.24. The van der Waals surface area contributed by atoms with Gasteiger partial charge in [0.05, 0.1) is 23.7 Å². The Labute approximate surface area is 253 Å². The highest BCUT2D eigenvalue weighted by molar-refractivity contribution is 7.14. The number of allylic oxidation sites excluding steroid dienone is 3. The Hall–Kier alpha value is -3.28.